The molecular formula is C35H46FNO3. The molecule has 0 bridgehead atoms. The van der Waals surface area contributed by atoms with Crippen molar-refractivity contribution < 1.29 is 18.7 Å². The highest BCUT2D eigenvalue weighted by Crippen LogP contribution is 2.23. The van der Waals surface area contributed by atoms with Gasteiger partial charge < -0.3 is 9.47 Å². The van der Waals surface area contributed by atoms with E-state index in [1.54, 1.807) is 36.4 Å². The van der Waals surface area contributed by atoms with E-state index in [-0.39, 0.29) is 0 Å². The van der Waals surface area contributed by atoms with Crippen molar-refractivity contribution in [2.75, 3.05) is 0 Å². The van der Waals surface area contributed by atoms with Crippen molar-refractivity contribution in [2.45, 2.75) is 110 Å². The number of carbonyl (C=O) groups excluding carboxylic acids is 1. The Kier molecular flexibility index (Phi) is 14.2. The topological polar surface area (TPSA) is 48.4 Å². The first-order valence-corrected chi connectivity index (χ1v) is 15.3. The second kappa shape index (κ2) is 18.2. The fraction of sp³-hybridized carbons (Fsp3) is 0.486. The van der Waals surface area contributed by atoms with E-state index in [0.717, 1.165) is 36.9 Å². The van der Waals surface area contributed by atoms with Crippen molar-refractivity contribution in [3.05, 3.63) is 78.0 Å². The van der Waals surface area contributed by atoms with Gasteiger partial charge in [0.25, 0.3) is 0 Å². The van der Waals surface area contributed by atoms with E-state index in [9.17, 15) is 9.18 Å². The number of ether oxygens (including phenoxy) is 2. The minimum atomic E-state index is -1.34. The number of unbranched alkanes of at least 4 members (excludes halogenated alkanes) is 10. The van der Waals surface area contributed by atoms with E-state index >= 15 is 0 Å². The molecule has 0 saturated carbocycles. The summed E-state index contributed by atoms with van der Waals surface area (Å²) in [6.45, 7) is 4.41. The zero-order valence-electron chi connectivity index (χ0n) is 24.4. The maximum absolute atomic E-state index is 14.1. The molecule has 0 amide bonds. The van der Waals surface area contributed by atoms with Crippen molar-refractivity contribution in [3.63, 3.8) is 0 Å². The van der Waals surface area contributed by atoms with Crippen LogP contribution in [0.5, 0.6) is 11.5 Å². The van der Waals surface area contributed by atoms with Gasteiger partial charge in [-0.15, -0.1) is 0 Å². The number of esters is 1. The Hall–Kier alpha value is -3.21. The number of nitrogens with zero attached hydrogens (tertiary/aromatic N) is 1. The van der Waals surface area contributed by atoms with Gasteiger partial charge in [-0.25, -0.2) is 9.18 Å². The van der Waals surface area contributed by atoms with Gasteiger partial charge in [0.1, 0.15) is 11.5 Å². The van der Waals surface area contributed by atoms with Crippen LogP contribution in [-0.2, 0) is 6.42 Å². The molecule has 0 saturated heterocycles. The maximum atomic E-state index is 14.1. The van der Waals surface area contributed by atoms with Crippen molar-refractivity contribution >= 4 is 5.97 Å². The van der Waals surface area contributed by atoms with Crippen molar-refractivity contribution in [3.8, 4) is 22.8 Å². The molecule has 0 spiro atoms. The fourth-order valence-electron chi connectivity index (χ4n) is 4.67. The molecular weight excluding hydrogens is 501 g/mol. The van der Waals surface area contributed by atoms with Crippen LogP contribution in [0.4, 0.5) is 4.39 Å². The highest BCUT2D eigenvalue weighted by atomic mass is 19.1. The van der Waals surface area contributed by atoms with Crippen LogP contribution < -0.4 is 9.47 Å². The van der Waals surface area contributed by atoms with Crippen LogP contribution >= 0.6 is 0 Å². The molecule has 5 heteroatoms. The number of aromatic nitrogens is 1. The summed E-state index contributed by atoms with van der Waals surface area (Å²) in [4.78, 5) is 17.2. The van der Waals surface area contributed by atoms with Crippen LogP contribution in [0.25, 0.3) is 11.3 Å². The third-order valence-corrected chi connectivity index (χ3v) is 7.14. The van der Waals surface area contributed by atoms with Gasteiger partial charge in [-0.2, -0.15) is 0 Å². The lowest BCUT2D eigenvalue weighted by Crippen LogP contribution is -2.11. The van der Waals surface area contributed by atoms with E-state index < -0.39 is 12.3 Å². The van der Waals surface area contributed by atoms with Gasteiger partial charge in [-0.1, -0.05) is 84.1 Å². The third-order valence-electron chi connectivity index (χ3n) is 7.14. The van der Waals surface area contributed by atoms with Crippen LogP contribution in [0.1, 0.15) is 113 Å². The number of hydrogen-bond acceptors (Lipinski definition) is 4. The minimum Gasteiger partial charge on any atom is -0.460 e. The highest BCUT2D eigenvalue weighted by Gasteiger charge is 2.12. The number of pyridine rings is 1. The molecule has 3 aromatic rings. The van der Waals surface area contributed by atoms with Gasteiger partial charge in [0, 0.05) is 18.2 Å². The van der Waals surface area contributed by atoms with Gasteiger partial charge in [-0.05, 0) is 79.4 Å². The average Bonchev–Trinajstić information content (AvgIpc) is 2.98. The van der Waals surface area contributed by atoms with E-state index in [0.29, 0.717) is 23.5 Å². The number of halogens is 1. The quantitative estimate of drug-likeness (QED) is 0.0851. The first kappa shape index (κ1) is 31.3. The third kappa shape index (κ3) is 11.5. The number of benzene rings is 2. The van der Waals surface area contributed by atoms with Crippen LogP contribution in [0.15, 0.2) is 66.9 Å². The number of carbonyl (C=O) groups is 1. The van der Waals surface area contributed by atoms with Crippen LogP contribution in [-0.4, -0.2) is 17.3 Å². The molecule has 3 rings (SSSR count). The molecule has 0 fully saturated rings. The summed E-state index contributed by atoms with van der Waals surface area (Å²) < 4.78 is 25.0. The predicted molar refractivity (Wildman–Crippen MR) is 162 cm³/mol. The summed E-state index contributed by atoms with van der Waals surface area (Å²) in [5.74, 6) is 0.388. The Labute approximate surface area is 240 Å². The monoisotopic (exact) mass is 547 g/mol. The first-order chi connectivity index (χ1) is 19.6. The fourth-order valence-corrected chi connectivity index (χ4v) is 4.67. The van der Waals surface area contributed by atoms with Gasteiger partial charge >= 0.3 is 5.97 Å². The molecule has 40 heavy (non-hydrogen) atoms. The number of hydrogen-bond donors (Lipinski definition) is 0. The van der Waals surface area contributed by atoms with Gasteiger partial charge in [-0.3, -0.25) is 4.98 Å². The van der Waals surface area contributed by atoms with Gasteiger partial charge in [0.05, 0.1) is 11.3 Å². The Morgan fingerprint density at radius 1 is 0.725 bits per heavy atom. The summed E-state index contributed by atoms with van der Waals surface area (Å²) in [6.07, 6.45) is 16.5. The van der Waals surface area contributed by atoms with E-state index in [1.165, 1.54) is 63.4 Å². The zero-order valence-corrected chi connectivity index (χ0v) is 24.4. The second-order valence-electron chi connectivity index (χ2n) is 10.6. The van der Waals surface area contributed by atoms with Gasteiger partial charge in [0.15, 0.2) is 0 Å². The molecule has 4 nitrogen and oxygen atoms in total. The van der Waals surface area contributed by atoms with Crippen molar-refractivity contribution in [2.24, 2.45) is 0 Å². The summed E-state index contributed by atoms with van der Waals surface area (Å²) in [5.41, 5.74) is 3.51. The Bertz CT molecular complexity index is 1100. The smallest absolute Gasteiger partial charge is 0.343 e. The summed E-state index contributed by atoms with van der Waals surface area (Å²) >= 11 is 0. The second-order valence-corrected chi connectivity index (χ2v) is 10.6. The number of rotatable bonds is 19. The van der Waals surface area contributed by atoms with Crippen molar-refractivity contribution in [1.82, 2.24) is 4.98 Å². The van der Waals surface area contributed by atoms with E-state index in [1.807, 2.05) is 18.3 Å². The van der Waals surface area contributed by atoms with E-state index in [4.69, 9.17) is 9.47 Å². The lowest BCUT2D eigenvalue weighted by atomic mass is 10.0. The van der Waals surface area contributed by atoms with E-state index in [2.05, 4.69) is 31.0 Å². The first-order valence-electron chi connectivity index (χ1n) is 15.3. The molecule has 1 unspecified atom stereocenters. The Morgan fingerprint density at radius 2 is 1.32 bits per heavy atom. The SMILES string of the molecule is CCCCCCCCCc1ccc(-c2ccc(OC(=O)c3ccc(OC(F)CCCCCCC)cc3)cc2)nc1. The molecule has 2 aromatic carbocycles. The average molecular weight is 548 g/mol. The molecule has 0 aliphatic rings. The number of aryl methyl sites for hydroxylation is 1. The normalized spacial score (nSPS) is 11.8. The minimum absolute atomic E-state index is 0.377. The lowest BCUT2D eigenvalue weighted by molar-refractivity contribution is 0.0569. The number of alkyl halides is 1. The maximum Gasteiger partial charge on any atom is 0.343 e. The lowest BCUT2D eigenvalue weighted by Gasteiger charge is -2.12. The summed E-state index contributed by atoms with van der Waals surface area (Å²) in [5, 5.41) is 0. The molecule has 1 atom stereocenters. The highest BCUT2D eigenvalue weighted by molar-refractivity contribution is 5.91. The Morgan fingerprint density at radius 3 is 1.95 bits per heavy atom. The van der Waals surface area contributed by atoms with Crippen molar-refractivity contribution in [1.29, 1.82) is 0 Å². The largest absolute Gasteiger partial charge is 0.460 e. The standard InChI is InChI=1S/C35H46FNO3/c1-3-5-7-9-10-12-13-15-28-17-26-33(37-27-28)29-18-22-32(23-19-29)40-35(38)30-20-24-31(25-21-30)39-34(36)16-14-11-8-6-4-2/h17-27,34H,3-16H2,1-2H3. The van der Waals surface area contributed by atoms with Crippen LogP contribution in [0.3, 0.4) is 0 Å². The van der Waals surface area contributed by atoms with Crippen LogP contribution in [0, 0.1) is 0 Å². The molecule has 216 valence electrons. The summed E-state index contributed by atoms with van der Waals surface area (Å²) in [6, 6.07) is 18.0. The van der Waals surface area contributed by atoms with Gasteiger partial charge in [0.2, 0.25) is 6.36 Å². The molecule has 0 aliphatic carbocycles. The molecule has 0 aliphatic heterocycles. The Balaban J connectivity index is 1.41. The molecule has 0 radical (unpaired) electrons. The predicted octanol–water partition coefficient (Wildman–Crippen LogP) is 10.3. The zero-order chi connectivity index (χ0) is 28.4. The molecule has 0 N–H and O–H groups in total. The van der Waals surface area contributed by atoms with Crippen LogP contribution in [0.2, 0.25) is 0 Å². The summed E-state index contributed by atoms with van der Waals surface area (Å²) in [7, 11) is 0. The molecule has 1 heterocycles. The molecule has 1 aromatic heterocycles.